The van der Waals surface area contributed by atoms with Gasteiger partial charge in [-0.25, -0.2) is 8.78 Å². The van der Waals surface area contributed by atoms with Crippen LogP contribution in [0.4, 0.5) is 8.78 Å². The fourth-order valence-corrected chi connectivity index (χ4v) is 1.39. The SMILES string of the molecule is CNCc1nncn1-c1ccc(F)c(F)c1. The summed E-state index contributed by atoms with van der Waals surface area (Å²) in [6, 6.07) is 3.66. The zero-order valence-electron chi connectivity index (χ0n) is 8.61. The van der Waals surface area contributed by atoms with Crippen LogP contribution in [0.2, 0.25) is 0 Å². The maximum atomic E-state index is 13.0. The summed E-state index contributed by atoms with van der Waals surface area (Å²) in [5.74, 6) is -1.12. The van der Waals surface area contributed by atoms with Gasteiger partial charge in [0.15, 0.2) is 17.5 Å². The van der Waals surface area contributed by atoms with E-state index in [-0.39, 0.29) is 0 Å². The summed E-state index contributed by atoms with van der Waals surface area (Å²) in [6.45, 7) is 0.499. The average Bonchev–Trinajstić information content (AvgIpc) is 2.71. The maximum Gasteiger partial charge on any atom is 0.160 e. The molecule has 1 heterocycles. The first-order valence-corrected chi connectivity index (χ1v) is 4.71. The molecule has 6 heteroatoms. The summed E-state index contributed by atoms with van der Waals surface area (Å²) >= 11 is 0. The van der Waals surface area contributed by atoms with E-state index in [2.05, 4.69) is 15.5 Å². The highest BCUT2D eigenvalue weighted by molar-refractivity contribution is 5.33. The van der Waals surface area contributed by atoms with Crippen LogP contribution in [0, 0.1) is 11.6 Å². The van der Waals surface area contributed by atoms with Crippen LogP contribution in [0.3, 0.4) is 0 Å². The summed E-state index contributed by atoms with van der Waals surface area (Å²) < 4.78 is 27.4. The number of benzene rings is 1. The second-order valence-corrected chi connectivity index (χ2v) is 3.25. The fourth-order valence-electron chi connectivity index (χ4n) is 1.39. The highest BCUT2D eigenvalue weighted by Gasteiger charge is 2.08. The van der Waals surface area contributed by atoms with E-state index in [1.165, 1.54) is 12.4 Å². The van der Waals surface area contributed by atoms with Crippen molar-refractivity contribution in [2.24, 2.45) is 0 Å². The van der Waals surface area contributed by atoms with Gasteiger partial charge in [0.25, 0.3) is 0 Å². The van der Waals surface area contributed by atoms with Crippen LogP contribution in [0.25, 0.3) is 5.69 Å². The molecule has 1 N–H and O–H groups in total. The van der Waals surface area contributed by atoms with Gasteiger partial charge in [-0.2, -0.15) is 0 Å². The predicted octanol–water partition coefficient (Wildman–Crippen LogP) is 1.26. The number of nitrogens with zero attached hydrogens (tertiary/aromatic N) is 3. The molecule has 0 unspecified atom stereocenters. The molecule has 16 heavy (non-hydrogen) atoms. The monoisotopic (exact) mass is 224 g/mol. The number of halogens is 2. The lowest BCUT2D eigenvalue weighted by molar-refractivity contribution is 0.507. The van der Waals surface area contributed by atoms with Crippen molar-refractivity contribution in [1.29, 1.82) is 0 Å². The normalized spacial score (nSPS) is 10.7. The Morgan fingerprint density at radius 3 is 2.81 bits per heavy atom. The lowest BCUT2D eigenvalue weighted by Crippen LogP contribution is -2.11. The third-order valence-electron chi connectivity index (χ3n) is 2.13. The van der Waals surface area contributed by atoms with Gasteiger partial charge in [0, 0.05) is 6.07 Å². The largest absolute Gasteiger partial charge is 0.313 e. The number of hydrogen-bond acceptors (Lipinski definition) is 3. The van der Waals surface area contributed by atoms with Gasteiger partial charge >= 0.3 is 0 Å². The number of hydrogen-bond donors (Lipinski definition) is 1. The van der Waals surface area contributed by atoms with Crippen LogP contribution in [0.1, 0.15) is 5.82 Å². The van der Waals surface area contributed by atoms with Crippen molar-refractivity contribution in [3.8, 4) is 5.69 Å². The van der Waals surface area contributed by atoms with Gasteiger partial charge in [-0.05, 0) is 19.2 Å². The number of nitrogens with one attached hydrogen (secondary N) is 1. The van der Waals surface area contributed by atoms with Crippen LogP contribution in [0.15, 0.2) is 24.5 Å². The van der Waals surface area contributed by atoms with E-state index in [0.717, 1.165) is 12.1 Å². The minimum absolute atomic E-state index is 0.495. The molecule has 0 aliphatic carbocycles. The molecule has 0 aliphatic rings. The Morgan fingerprint density at radius 2 is 2.12 bits per heavy atom. The minimum atomic E-state index is -0.887. The van der Waals surface area contributed by atoms with E-state index in [1.54, 1.807) is 11.6 Å². The molecule has 0 amide bonds. The van der Waals surface area contributed by atoms with Crippen molar-refractivity contribution in [2.45, 2.75) is 6.54 Å². The highest BCUT2D eigenvalue weighted by Crippen LogP contribution is 2.13. The van der Waals surface area contributed by atoms with E-state index in [9.17, 15) is 8.78 Å². The molecule has 84 valence electrons. The molecule has 0 spiro atoms. The molecule has 4 nitrogen and oxygen atoms in total. The van der Waals surface area contributed by atoms with Crippen molar-refractivity contribution < 1.29 is 8.78 Å². The van der Waals surface area contributed by atoms with Crippen LogP contribution in [-0.2, 0) is 6.54 Å². The number of aromatic nitrogens is 3. The van der Waals surface area contributed by atoms with Gasteiger partial charge in [-0.1, -0.05) is 0 Å². The molecule has 0 atom stereocenters. The molecule has 0 bridgehead atoms. The Balaban J connectivity index is 2.42. The molecule has 0 radical (unpaired) electrons. The van der Waals surface area contributed by atoms with Gasteiger partial charge in [0.2, 0.25) is 0 Å². The quantitative estimate of drug-likeness (QED) is 0.853. The van der Waals surface area contributed by atoms with E-state index in [1.807, 2.05) is 0 Å². The maximum absolute atomic E-state index is 13.0. The van der Waals surface area contributed by atoms with Crippen LogP contribution >= 0.6 is 0 Å². The van der Waals surface area contributed by atoms with Gasteiger partial charge in [0.05, 0.1) is 12.2 Å². The van der Waals surface area contributed by atoms with Gasteiger partial charge < -0.3 is 5.32 Å². The van der Waals surface area contributed by atoms with E-state index in [0.29, 0.717) is 18.1 Å². The van der Waals surface area contributed by atoms with Gasteiger partial charge in [-0.15, -0.1) is 10.2 Å². The summed E-state index contributed by atoms with van der Waals surface area (Å²) in [7, 11) is 1.77. The Labute approximate surface area is 90.9 Å². The van der Waals surface area contributed by atoms with E-state index in [4.69, 9.17) is 0 Å². The summed E-state index contributed by atoms with van der Waals surface area (Å²) in [6.07, 6.45) is 1.46. The first-order valence-electron chi connectivity index (χ1n) is 4.71. The fraction of sp³-hybridized carbons (Fsp3) is 0.200. The molecular weight excluding hydrogens is 214 g/mol. The van der Waals surface area contributed by atoms with Crippen LogP contribution < -0.4 is 5.32 Å². The molecule has 0 saturated carbocycles. The third kappa shape index (κ3) is 1.92. The van der Waals surface area contributed by atoms with Crippen molar-refractivity contribution in [1.82, 2.24) is 20.1 Å². The molecule has 0 aliphatic heterocycles. The van der Waals surface area contributed by atoms with Crippen molar-refractivity contribution in [2.75, 3.05) is 7.05 Å². The lowest BCUT2D eigenvalue weighted by Gasteiger charge is -2.06. The van der Waals surface area contributed by atoms with Crippen LogP contribution in [0.5, 0.6) is 0 Å². The minimum Gasteiger partial charge on any atom is -0.313 e. The molecule has 2 aromatic rings. The summed E-state index contributed by atoms with van der Waals surface area (Å²) in [4.78, 5) is 0. The molecule has 2 rings (SSSR count). The Kier molecular flexibility index (Phi) is 2.91. The topological polar surface area (TPSA) is 42.7 Å². The molecular formula is C10H10F2N4. The Morgan fingerprint density at radius 1 is 1.31 bits per heavy atom. The standard InChI is InChI=1S/C10H10F2N4/c1-13-5-10-15-14-6-16(10)7-2-3-8(11)9(12)4-7/h2-4,6,13H,5H2,1H3. The van der Waals surface area contributed by atoms with Crippen LogP contribution in [-0.4, -0.2) is 21.8 Å². The lowest BCUT2D eigenvalue weighted by atomic mass is 10.3. The van der Waals surface area contributed by atoms with Gasteiger partial charge in [-0.3, -0.25) is 4.57 Å². The number of rotatable bonds is 3. The highest BCUT2D eigenvalue weighted by atomic mass is 19.2. The Bertz CT molecular complexity index is 495. The molecule has 1 aromatic heterocycles. The first kappa shape index (κ1) is 10.7. The molecule has 1 aromatic carbocycles. The van der Waals surface area contributed by atoms with Crippen molar-refractivity contribution >= 4 is 0 Å². The summed E-state index contributed by atoms with van der Waals surface area (Å²) in [5, 5.41) is 10.5. The smallest absolute Gasteiger partial charge is 0.160 e. The first-order chi connectivity index (χ1) is 7.72. The molecule has 0 fully saturated rings. The van der Waals surface area contributed by atoms with E-state index < -0.39 is 11.6 Å². The average molecular weight is 224 g/mol. The Hall–Kier alpha value is -1.82. The second kappa shape index (κ2) is 4.36. The van der Waals surface area contributed by atoms with Crippen molar-refractivity contribution in [3.63, 3.8) is 0 Å². The molecule has 0 saturated heterocycles. The predicted molar refractivity (Wildman–Crippen MR) is 54.0 cm³/mol. The van der Waals surface area contributed by atoms with E-state index >= 15 is 0 Å². The zero-order valence-corrected chi connectivity index (χ0v) is 8.61. The third-order valence-corrected chi connectivity index (χ3v) is 2.13. The zero-order chi connectivity index (χ0) is 11.5. The second-order valence-electron chi connectivity index (χ2n) is 3.25. The van der Waals surface area contributed by atoms with Crippen molar-refractivity contribution in [3.05, 3.63) is 42.0 Å². The van der Waals surface area contributed by atoms with Gasteiger partial charge in [0.1, 0.15) is 6.33 Å². The summed E-state index contributed by atoms with van der Waals surface area (Å²) in [5.41, 5.74) is 0.495.